The molecule has 0 aliphatic carbocycles. The summed E-state index contributed by atoms with van der Waals surface area (Å²) in [6.45, 7) is 0.822. The number of rotatable bonds is 6. The maximum atomic E-state index is 13.8. The number of nitrogens with two attached hydrogens (primary N) is 1. The van der Waals surface area contributed by atoms with Gasteiger partial charge in [-0.3, -0.25) is 0 Å². The summed E-state index contributed by atoms with van der Waals surface area (Å²) in [5, 5.41) is 0. The maximum absolute atomic E-state index is 13.8. The van der Waals surface area contributed by atoms with E-state index in [9.17, 15) is 4.39 Å². The van der Waals surface area contributed by atoms with E-state index in [4.69, 9.17) is 15.2 Å². The van der Waals surface area contributed by atoms with Crippen molar-refractivity contribution < 1.29 is 13.9 Å². The molecule has 0 unspecified atom stereocenters. The highest BCUT2D eigenvalue weighted by Gasteiger charge is 2.05. The van der Waals surface area contributed by atoms with E-state index in [1.54, 1.807) is 13.2 Å². The average Bonchev–Trinajstić information content (AvgIpc) is 2.47. The Bertz CT molecular complexity index is 555. The van der Waals surface area contributed by atoms with Crippen molar-refractivity contribution in [1.29, 1.82) is 0 Å². The van der Waals surface area contributed by atoms with Gasteiger partial charge in [-0.15, -0.1) is 0 Å². The van der Waals surface area contributed by atoms with Gasteiger partial charge in [-0.25, -0.2) is 4.39 Å². The third-order valence-electron chi connectivity index (χ3n) is 2.98. The quantitative estimate of drug-likeness (QED) is 0.881. The molecule has 2 aromatic carbocycles. The summed E-state index contributed by atoms with van der Waals surface area (Å²) in [7, 11) is 1.61. The lowest BCUT2D eigenvalue weighted by atomic mass is 10.1. The van der Waals surface area contributed by atoms with Crippen molar-refractivity contribution in [3.63, 3.8) is 0 Å². The minimum atomic E-state index is -0.357. The van der Waals surface area contributed by atoms with Crippen molar-refractivity contribution in [1.82, 2.24) is 0 Å². The maximum Gasteiger partial charge on any atom is 0.165 e. The molecule has 0 atom stereocenters. The predicted octanol–water partition coefficient (Wildman–Crippen LogP) is 2.91. The number of methoxy groups -OCH3 is 1. The van der Waals surface area contributed by atoms with Crippen LogP contribution in [0.4, 0.5) is 4.39 Å². The Morgan fingerprint density at radius 2 is 1.75 bits per heavy atom. The zero-order valence-corrected chi connectivity index (χ0v) is 11.4. The van der Waals surface area contributed by atoms with Crippen LogP contribution in [0.25, 0.3) is 0 Å². The second-order valence-electron chi connectivity index (χ2n) is 4.44. The van der Waals surface area contributed by atoms with Gasteiger partial charge in [0.1, 0.15) is 12.4 Å². The van der Waals surface area contributed by atoms with Crippen LogP contribution in [0.15, 0.2) is 42.5 Å². The predicted molar refractivity (Wildman–Crippen MR) is 76.5 cm³/mol. The lowest BCUT2D eigenvalue weighted by Gasteiger charge is -2.09. The molecule has 0 fully saturated rings. The molecule has 0 heterocycles. The molecule has 0 aromatic heterocycles. The van der Waals surface area contributed by atoms with Crippen LogP contribution in [0.2, 0.25) is 0 Å². The molecular weight excluding hydrogens is 257 g/mol. The van der Waals surface area contributed by atoms with Gasteiger partial charge in [0.15, 0.2) is 11.6 Å². The molecule has 0 saturated heterocycles. The number of ether oxygens (including phenoxy) is 2. The van der Waals surface area contributed by atoms with Crippen LogP contribution in [-0.4, -0.2) is 13.7 Å². The van der Waals surface area contributed by atoms with Gasteiger partial charge in [-0.1, -0.05) is 18.2 Å². The minimum Gasteiger partial charge on any atom is -0.497 e. The summed E-state index contributed by atoms with van der Waals surface area (Å²) in [5.41, 5.74) is 7.27. The van der Waals surface area contributed by atoms with Gasteiger partial charge in [0.25, 0.3) is 0 Å². The van der Waals surface area contributed by atoms with Gasteiger partial charge in [-0.2, -0.15) is 0 Å². The van der Waals surface area contributed by atoms with Crippen LogP contribution in [0.5, 0.6) is 11.5 Å². The largest absolute Gasteiger partial charge is 0.497 e. The van der Waals surface area contributed by atoms with Crippen molar-refractivity contribution in [2.75, 3.05) is 13.7 Å². The van der Waals surface area contributed by atoms with Gasteiger partial charge < -0.3 is 15.2 Å². The van der Waals surface area contributed by atoms with Gasteiger partial charge in [-0.05, 0) is 48.4 Å². The van der Waals surface area contributed by atoms with E-state index in [0.29, 0.717) is 19.6 Å². The van der Waals surface area contributed by atoms with Gasteiger partial charge in [0.05, 0.1) is 7.11 Å². The Balaban J connectivity index is 1.99. The van der Waals surface area contributed by atoms with E-state index in [-0.39, 0.29) is 11.6 Å². The van der Waals surface area contributed by atoms with Crippen LogP contribution in [0.3, 0.4) is 0 Å². The Kier molecular flexibility index (Phi) is 4.96. The first-order chi connectivity index (χ1) is 9.72. The van der Waals surface area contributed by atoms with E-state index in [1.165, 1.54) is 6.07 Å². The fourth-order valence-corrected chi connectivity index (χ4v) is 1.87. The summed E-state index contributed by atoms with van der Waals surface area (Å²) < 4.78 is 24.4. The number of hydrogen-bond acceptors (Lipinski definition) is 3. The molecule has 0 radical (unpaired) electrons. The molecule has 0 aliphatic heterocycles. The van der Waals surface area contributed by atoms with Crippen LogP contribution in [-0.2, 0) is 13.0 Å². The Hall–Kier alpha value is -2.07. The third-order valence-corrected chi connectivity index (χ3v) is 2.98. The summed E-state index contributed by atoms with van der Waals surface area (Å²) in [6, 6.07) is 12.4. The second-order valence-corrected chi connectivity index (χ2v) is 4.44. The van der Waals surface area contributed by atoms with E-state index in [2.05, 4.69) is 0 Å². The van der Waals surface area contributed by atoms with Gasteiger partial charge in [0.2, 0.25) is 0 Å². The molecule has 0 amide bonds. The molecule has 0 bridgehead atoms. The van der Waals surface area contributed by atoms with E-state index in [0.717, 1.165) is 16.9 Å². The summed E-state index contributed by atoms with van der Waals surface area (Å²) in [4.78, 5) is 0. The zero-order chi connectivity index (χ0) is 14.4. The molecule has 0 aliphatic rings. The normalized spacial score (nSPS) is 10.3. The third kappa shape index (κ3) is 3.71. The Morgan fingerprint density at radius 3 is 2.35 bits per heavy atom. The minimum absolute atomic E-state index is 0.251. The van der Waals surface area contributed by atoms with Crippen LogP contribution >= 0.6 is 0 Å². The molecule has 2 aromatic rings. The summed E-state index contributed by atoms with van der Waals surface area (Å²) in [5.74, 6) is 0.678. The van der Waals surface area contributed by atoms with Crippen molar-refractivity contribution in [2.24, 2.45) is 5.73 Å². The van der Waals surface area contributed by atoms with Crippen molar-refractivity contribution in [2.45, 2.75) is 13.0 Å². The van der Waals surface area contributed by atoms with E-state index < -0.39 is 0 Å². The SMILES string of the molecule is COc1ccc(COc2ccc(CCN)cc2F)cc1. The molecular formula is C16H18FNO2. The Labute approximate surface area is 118 Å². The first-order valence-corrected chi connectivity index (χ1v) is 6.47. The molecule has 2 rings (SSSR count). The number of halogens is 1. The molecule has 106 valence electrons. The van der Waals surface area contributed by atoms with E-state index in [1.807, 2.05) is 30.3 Å². The highest BCUT2D eigenvalue weighted by molar-refractivity contribution is 5.31. The highest BCUT2D eigenvalue weighted by Crippen LogP contribution is 2.20. The Morgan fingerprint density at radius 1 is 1.05 bits per heavy atom. The molecule has 2 N–H and O–H groups in total. The fraction of sp³-hybridized carbons (Fsp3) is 0.250. The summed E-state index contributed by atoms with van der Waals surface area (Å²) >= 11 is 0. The van der Waals surface area contributed by atoms with Gasteiger partial charge in [0, 0.05) is 0 Å². The molecule has 3 nitrogen and oxygen atoms in total. The van der Waals surface area contributed by atoms with Crippen LogP contribution in [0, 0.1) is 5.82 Å². The van der Waals surface area contributed by atoms with Gasteiger partial charge >= 0.3 is 0 Å². The monoisotopic (exact) mass is 275 g/mol. The second kappa shape index (κ2) is 6.91. The first kappa shape index (κ1) is 14.3. The number of benzene rings is 2. The molecule has 4 heteroatoms. The topological polar surface area (TPSA) is 44.5 Å². The van der Waals surface area contributed by atoms with Crippen LogP contribution < -0.4 is 15.2 Å². The van der Waals surface area contributed by atoms with Crippen molar-refractivity contribution in [3.8, 4) is 11.5 Å². The lowest BCUT2D eigenvalue weighted by molar-refractivity contribution is 0.290. The highest BCUT2D eigenvalue weighted by atomic mass is 19.1. The summed E-state index contributed by atoms with van der Waals surface area (Å²) in [6.07, 6.45) is 0.662. The zero-order valence-electron chi connectivity index (χ0n) is 11.4. The fourth-order valence-electron chi connectivity index (χ4n) is 1.87. The molecule has 20 heavy (non-hydrogen) atoms. The molecule has 0 saturated carbocycles. The standard InChI is InChI=1S/C16H18FNO2/c1-19-14-5-2-13(3-6-14)11-20-16-7-4-12(8-9-18)10-15(16)17/h2-7,10H,8-9,11,18H2,1H3. The van der Waals surface area contributed by atoms with Crippen molar-refractivity contribution >= 4 is 0 Å². The lowest BCUT2D eigenvalue weighted by Crippen LogP contribution is -2.03. The first-order valence-electron chi connectivity index (χ1n) is 6.47. The van der Waals surface area contributed by atoms with Crippen LogP contribution in [0.1, 0.15) is 11.1 Å². The van der Waals surface area contributed by atoms with Crippen molar-refractivity contribution in [3.05, 3.63) is 59.4 Å². The van der Waals surface area contributed by atoms with E-state index >= 15 is 0 Å². The smallest absolute Gasteiger partial charge is 0.165 e. The molecule has 0 spiro atoms. The number of hydrogen-bond donors (Lipinski definition) is 1. The average molecular weight is 275 g/mol.